The molecule has 0 saturated heterocycles. The van der Waals surface area contributed by atoms with Crippen LogP contribution in [0.2, 0.25) is 0 Å². The average Bonchev–Trinajstić information content (AvgIpc) is 3.04. The van der Waals surface area contributed by atoms with Crippen molar-refractivity contribution in [3.05, 3.63) is 104 Å². The van der Waals surface area contributed by atoms with Gasteiger partial charge in [-0.3, -0.25) is 19.2 Å². The first-order valence-electron chi connectivity index (χ1n) is 15.2. The van der Waals surface area contributed by atoms with Crippen LogP contribution in [-0.4, -0.2) is 54.1 Å². The van der Waals surface area contributed by atoms with E-state index in [1.807, 2.05) is 66.7 Å². The summed E-state index contributed by atoms with van der Waals surface area (Å²) >= 11 is 0. The predicted molar refractivity (Wildman–Crippen MR) is 176 cm³/mol. The van der Waals surface area contributed by atoms with E-state index in [1.54, 1.807) is 19.1 Å². The molecule has 0 saturated carbocycles. The van der Waals surface area contributed by atoms with E-state index < -0.39 is 54.2 Å². The van der Waals surface area contributed by atoms with Gasteiger partial charge in [0.15, 0.2) is 0 Å². The van der Waals surface area contributed by atoms with E-state index in [2.05, 4.69) is 29.1 Å². The summed E-state index contributed by atoms with van der Waals surface area (Å²) in [6, 6.07) is 21.0. The third-order valence-electron chi connectivity index (χ3n) is 7.35. The van der Waals surface area contributed by atoms with Crippen LogP contribution in [0.25, 0.3) is 10.8 Å². The maximum Gasteiger partial charge on any atom is 0.309 e. The number of rotatable bonds is 18. The van der Waals surface area contributed by atoms with Crippen LogP contribution in [-0.2, 0) is 30.3 Å². The normalized spacial score (nSPS) is 13.5. The molecule has 0 spiro atoms. The van der Waals surface area contributed by atoms with Gasteiger partial charge in [-0.25, -0.2) is 0 Å². The molecule has 0 aliphatic carbocycles. The molecule has 0 radical (unpaired) electrons. The molecule has 3 aromatic rings. The van der Waals surface area contributed by atoms with Crippen LogP contribution in [0.15, 0.2) is 98.1 Å². The molecule has 3 amide bonds. The van der Waals surface area contributed by atoms with Gasteiger partial charge in [0, 0.05) is 18.2 Å². The highest BCUT2D eigenvalue weighted by molar-refractivity contribution is 5.99. The largest absolute Gasteiger partial charge is 0.463 e. The molecule has 3 rings (SSSR count). The zero-order chi connectivity index (χ0) is 32.6. The van der Waals surface area contributed by atoms with Gasteiger partial charge in [0.2, 0.25) is 11.8 Å². The van der Waals surface area contributed by atoms with Gasteiger partial charge in [-0.15, -0.1) is 13.2 Å². The van der Waals surface area contributed by atoms with Crippen molar-refractivity contribution in [1.29, 1.82) is 0 Å². The lowest BCUT2D eigenvalue weighted by atomic mass is 9.95. The van der Waals surface area contributed by atoms with Crippen molar-refractivity contribution in [1.82, 2.24) is 10.6 Å². The van der Waals surface area contributed by atoms with Gasteiger partial charge in [-0.1, -0.05) is 72.8 Å². The lowest BCUT2D eigenvalue weighted by molar-refractivity contribution is -0.150. The van der Waals surface area contributed by atoms with Crippen LogP contribution in [0, 0.1) is 11.8 Å². The molecular weight excluding hydrogens is 570 g/mol. The van der Waals surface area contributed by atoms with E-state index >= 15 is 0 Å². The minimum Gasteiger partial charge on any atom is -0.463 e. The summed E-state index contributed by atoms with van der Waals surface area (Å²) in [5, 5.41) is 19.3. The molecule has 0 fully saturated rings. The van der Waals surface area contributed by atoms with E-state index in [0.717, 1.165) is 16.3 Å². The first kappa shape index (κ1) is 34.7. The number of hydrogen-bond donors (Lipinski definition) is 4. The Labute approximate surface area is 264 Å². The summed E-state index contributed by atoms with van der Waals surface area (Å²) < 4.78 is 5.68. The number of hydrogen-bond acceptors (Lipinski definition) is 6. The Kier molecular flexibility index (Phi) is 14.0. The Balaban J connectivity index is 1.79. The van der Waals surface area contributed by atoms with Crippen molar-refractivity contribution in [2.75, 3.05) is 18.5 Å². The summed E-state index contributed by atoms with van der Waals surface area (Å²) in [7, 11) is 0. The number of ether oxygens (including phenoxy) is 1. The molecule has 3 aromatic carbocycles. The third kappa shape index (κ3) is 11.4. The highest BCUT2D eigenvalue weighted by Gasteiger charge is 2.29. The second-order valence-corrected chi connectivity index (χ2v) is 11.1. The number of aliphatic hydroxyl groups is 1. The maximum absolute atomic E-state index is 13.6. The van der Waals surface area contributed by atoms with Gasteiger partial charge < -0.3 is 25.8 Å². The Morgan fingerprint density at radius 1 is 0.867 bits per heavy atom. The second-order valence-electron chi connectivity index (χ2n) is 11.1. The van der Waals surface area contributed by atoms with Gasteiger partial charge in [0.1, 0.15) is 12.6 Å². The molecule has 4 atom stereocenters. The molecular formula is C36H43N3O6. The number of esters is 1. The van der Waals surface area contributed by atoms with Gasteiger partial charge in [-0.05, 0) is 61.1 Å². The first-order valence-corrected chi connectivity index (χ1v) is 15.2. The summed E-state index contributed by atoms with van der Waals surface area (Å²) in [6.45, 7) is 8.44. The van der Waals surface area contributed by atoms with Crippen molar-refractivity contribution in [3.63, 3.8) is 0 Å². The second kappa shape index (κ2) is 18.1. The highest BCUT2D eigenvalue weighted by atomic mass is 16.5. The zero-order valence-corrected chi connectivity index (χ0v) is 25.7. The Morgan fingerprint density at radius 2 is 1.58 bits per heavy atom. The van der Waals surface area contributed by atoms with Gasteiger partial charge in [0.05, 0.1) is 18.4 Å². The summed E-state index contributed by atoms with van der Waals surface area (Å²) in [5.74, 6) is -3.36. The summed E-state index contributed by atoms with van der Waals surface area (Å²) in [5.41, 5.74) is 1.49. The number of fused-ring (bicyclic) bond motifs is 1. The quantitative estimate of drug-likeness (QED) is 0.121. The molecule has 0 heterocycles. The number of amides is 3. The Morgan fingerprint density at radius 3 is 2.27 bits per heavy atom. The van der Waals surface area contributed by atoms with E-state index in [-0.39, 0.29) is 19.4 Å². The summed E-state index contributed by atoms with van der Waals surface area (Å²) in [6.07, 6.45) is 4.83. The monoisotopic (exact) mass is 613 g/mol. The lowest BCUT2D eigenvalue weighted by Gasteiger charge is -2.23. The Hall–Kier alpha value is -4.76. The molecule has 0 aromatic heterocycles. The minimum absolute atomic E-state index is 0.173. The van der Waals surface area contributed by atoms with E-state index in [9.17, 15) is 24.3 Å². The number of aliphatic hydroxyl groups excluding tert-OH is 1. The molecule has 4 unspecified atom stereocenters. The van der Waals surface area contributed by atoms with Crippen LogP contribution < -0.4 is 16.0 Å². The van der Waals surface area contributed by atoms with Gasteiger partial charge in [0.25, 0.3) is 5.91 Å². The summed E-state index contributed by atoms with van der Waals surface area (Å²) in [4.78, 5) is 52.8. The molecule has 4 N–H and O–H groups in total. The average molecular weight is 614 g/mol. The van der Waals surface area contributed by atoms with Crippen molar-refractivity contribution >= 4 is 40.2 Å². The number of carbonyl (C=O) groups is 4. The van der Waals surface area contributed by atoms with Crippen molar-refractivity contribution < 1.29 is 29.0 Å². The van der Waals surface area contributed by atoms with Gasteiger partial charge >= 0.3 is 5.97 Å². The number of benzene rings is 3. The van der Waals surface area contributed by atoms with Crippen molar-refractivity contribution in [2.45, 2.75) is 51.1 Å². The maximum atomic E-state index is 13.6. The predicted octanol–water partition coefficient (Wildman–Crippen LogP) is 4.71. The first-order chi connectivity index (χ1) is 21.7. The number of anilines is 1. The minimum atomic E-state index is -1.24. The van der Waals surface area contributed by atoms with Crippen molar-refractivity contribution in [2.24, 2.45) is 11.8 Å². The fraction of sp³-hybridized carbons (Fsp3) is 0.333. The van der Waals surface area contributed by atoms with Crippen LogP contribution in [0.5, 0.6) is 0 Å². The molecule has 9 heteroatoms. The smallest absolute Gasteiger partial charge is 0.309 e. The Bertz CT molecular complexity index is 1460. The van der Waals surface area contributed by atoms with Crippen molar-refractivity contribution in [3.8, 4) is 0 Å². The molecule has 9 nitrogen and oxygen atoms in total. The lowest BCUT2D eigenvalue weighted by Crippen LogP contribution is -2.50. The molecule has 0 aliphatic rings. The van der Waals surface area contributed by atoms with Gasteiger partial charge in [-0.2, -0.15) is 0 Å². The van der Waals surface area contributed by atoms with E-state index in [4.69, 9.17) is 4.74 Å². The van der Waals surface area contributed by atoms with Crippen LogP contribution in [0.4, 0.5) is 5.69 Å². The zero-order valence-electron chi connectivity index (χ0n) is 25.7. The molecule has 238 valence electrons. The third-order valence-corrected chi connectivity index (χ3v) is 7.35. The molecule has 0 aliphatic heterocycles. The fourth-order valence-electron chi connectivity index (χ4n) is 4.86. The fourth-order valence-corrected chi connectivity index (χ4v) is 4.86. The van der Waals surface area contributed by atoms with Crippen LogP contribution in [0.1, 0.15) is 38.2 Å². The number of nitrogens with one attached hydrogen (secondary N) is 3. The van der Waals surface area contributed by atoms with Crippen LogP contribution >= 0.6 is 0 Å². The topological polar surface area (TPSA) is 134 Å². The SMILES string of the molecule is C=CCCC(Cc1ccccc1)C(=O)OCC(NC(=O)C(CC=C)CC(=O)NC(C)CO)C(=O)Nc1ccc2ccccc2c1. The van der Waals surface area contributed by atoms with Crippen LogP contribution in [0.3, 0.4) is 0 Å². The number of allylic oxidation sites excluding steroid dienone is 2. The standard InChI is InChI=1S/C36H43N3O6/c1-4-6-15-30(20-26-13-8-7-9-14-26)36(44)45-24-32(35(43)38-31-19-18-27-16-10-11-17-28(27)21-31)39-34(42)29(12-5-2)22-33(41)37-25(3)23-40/h4-5,7-11,13-14,16-19,21,25,29-30,32,40H,1-2,6,12,15,20,22-24H2,3H3,(H,37,41)(H,38,43)(H,39,42). The molecule has 0 bridgehead atoms. The van der Waals surface area contributed by atoms with E-state index in [1.165, 1.54) is 6.08 Å². The highest BCUT2D eigenvalue weighted by Crippen LogP contribution is 2.20. The number of carbonyl (C=O) groups excluding carboxylic acids is 4. The van der Waals surface area contributed by atoms with E-state index in [0.29, 0.717) is 24.9 Å². The molecule has 45 heavy (non-hydrogen) atoms.